The van der Waals surface area contributed by atoms with Crippen LogP contribution in [0.4, 0.5) is 0 Å². The number of hydrogen-bond acceptors (Lipinski definition) is 3. The summed E-state index contributed by atoms with van der Waals surface area (Å²) in [7, 11) is 2.12. The Bertz CT molecular complexity index is 557. The largest absolute Gasteiger partial charge is 0.496 e. The molecule has 1 aromatic rings. The number of ether oxygens (including phenoxy) is 2. The average molecular weight is 339 g/mol. The second-order valence-corrected chi connectivity index (χ2v) is 13.6. The van der Waals surface area contributed by atoms with Crippen molar-refractivity contribution in [2.75, 3.05) is 14.2 Å². The van der Waals surface area contributed by atoms with Gasteiger partial charge < -0.3 is 14.6 Å². The molecule has 0 radical (unpaired) electrons. The van der Waals surface area contributed by atoms with Crippen LogP contribution in [0.5, 0.6) is 11.5 Å². The first-order valence-corrected chi connectivity index (χ1v) is 12.1. The molecule has 23 heavy (non-hydrogen) atoms. The minimum Gasteiger partial charge on any atom is -0.496 e. The fraction of sp³-hybridized carbons (Fsp3) is 0.684. The number of methoxy groups -OCH3 is 2. The third-order valence-electron chi connectivity index (χ3n) is 4.54. The predicted octanol–water partition coefficient (Wildman–Crippen LogP) is 4.65. The van der Waals surface area contributed by atoms with E-state index in [2.05, 4.69) is 40.4 Å². The van der Waals surface area contributed by atoms with Gasteiger partial charge in [0.25, 0.3) is 0 Å². The molecule has 0 saturated carbocycles. The van der Waals surface area contributed by atoms with Crippen LogP contribution in [0.25, 0.3) is 0 Å². The molecular weight excluding hydrogens is 304 g/mol. The zero-order chi connectivity index (χ0) is 18.0. The van der Waals surface area contributed by atoms with Crippen molar-refractivity contribution in [3.8, 4) is 11.5 Å². The van der Waals surface area contributed by atoms with Gasteiger partial charge in [0.05, 0.1) is 19.8 Å². The van der Waals surface area contributed by atoms with Gasteiger partial charge in [0.1, 0.15) is 11.5 Å². The van der Waals surface area contributed by atoms with Gasteiger partial charge in [-0.15, -0.1) is 0 Å². The first kappa shape index (κ1) is 20.0. The fourth-order valence-corrected chi connectivity index (χ4v) is 6.13. The molecule has 1 rings (SSSR count). The Balaban J connectivity index is 3.16. The first-order chi connectivity index (χ1) is 10.4. The summed E-state index contributed by atoms with van der Waals surface area (Å²) in [5.74, 6) is 1.87. The Kier molecular flexibility index (Phi) is 6.33. The minimum atomic E-state index is -1.31. The topological polar surface area (TPSA) is 38.7 Å². The van der Waals surface area contributed by atoms with E-state index in [1.807, 2.05) is 6.92 Å². The molecule has 1 N–H and O–H groups in total. The van der Waals surface area contributed by atoms with Crippen LogP contribution in [0.2, 0.25) is 25.7 Å². The SMILES string of the molecule is COc1c(C)c(C)c(OC)c(CCC(C)(O)C[Si](C)(C)C)c1C. The van der Waals surface area contributed by atoms with Gasteiger partial charge in [-0.1, -0.05) is 19.6 Å². The molecule has 1 aromatic carbocycles. The number of hydrogen-bond donors (Lipinski definition) is 1. The molecule has 4 heteroatoms. The Morgan fingerprint density at radius 2 is 1.39 bits per heavy atom. The van der Waals surface area contributed by atoms with E-state index in [0.717, 1.165) is 52.6 Å². The van der Waals surface area contributed by atoms with Gasteiger partial charge in [0.15, 0.2) is 0 Å². The fourth-order valence-electron chi connectivity index (χ4n) is 3.66. The van der Waals surface area contributed by atoms with Crippen molar-refractivity contribution in [3.05, 3.63) is 22.3 Å². The molecule has 1 unspecified atom stereocenters. The van der Waals surface area contributed by atoms with Crippen molar-refractivity contribution in [2.45, 2.75) is 71.8 Å². The van der Waals surface area contributed by atoms with E-state index in [1.165, 1.54) is 0 Å². The lowest BCUT2D eigenvalue weighted by Crippen LogP contribution is -2.36. The standard InChI is InChI=1S/C19H34O3Si/c1-13-14(2)18(22-6)16(15(3)17(13)21-5)10-11-19(4,20)12-23(7,8)9/h20H,10-12H2,1-9H3. The molecule has 132 valence electrons. The van der Waals surface area contributed by atoms with Crippen molar-refractivity contribution >= 4 is 8.07 Å². The van der Waals surface area contributed by atoms with Gasteiger partial charge in [-0.2, -0.15) is 0 Å². The van der Waals surface area contributed by atoms with Gasteiger partial charge in [-0.25, -0.2) is 0 Å². The number of rotatable bonds is 7. The molecule has 0 spiro atoms. The first-order valence-electron chi connectivity index (χ1n) is 8.36. The summed E-state index contributed by atoms with van der Waals surface area (Å²) in [6, 6.07) is 0.906. The smallest absolute Gasteiger partial charge is 0.125 e. The van der Waals surface area contributed by atoms with Crippen molar-refractivity contribution in [3.63, 3.8) is 0 Å². The zero-order valence-corrected chi connectivity index (χ0v) is 17.4. The predicted molar refractivity (Wildman–Crippen MR) is 101 cm³/mol. The zero-order valence-electron chi connectivity index (χ0n) is 16.4. The quantitative estimate of drug-likeness (QED) is 0.735. The van der Waals surface area contributed by atoms with Crippen molar-refractivity contribution in [1.82, 2.24) is 0 Å². The molecule has 0 bridgehead atoms. The van der Waals surface area contributed by atoms with Crippen LogP contribution >= 0.6 is 0 Å². The van der Waals surface area contributed by atoms with Crippen molar-refractivity contribution in [1.29, 1.82) is 0 Å². The summed E-state index contributed by atoms with van der Waals surface area (Å²) < 4.78 is 11.3. The van der Waals surface area contributed by atoms with Gasteiger partial charge >= 0.3 is 0 Å². The Morgan fingerprint density at radius 1 is 0.913 bits per heavy atom. The number of benzene rings is 1. The maximum Gasteiger partial charge on any atom is 0.125 e. The maximum atomic E-state index is 10.8. The van der Waals surface area contributed by atoms with E-state index in [0.29, 0.717) is 0 Å². The van der Waals surface area contributed by atoms with Crippen molar-refractivity contribution < 1.29 is 14.6 Å². The van der Waals surface area contributed by atoms with E-state index in [1.54, 1.807) is 14.2 Å². The lowest BCUT2D eigenvalue weighted by atomic mass is 9.91. The second-order valence-electron chi connectivity index (χ2n) is 8.15. The summed E-state index contributed by atoms with van der Waals surface area (Å²) >= 11 is 0. The van der Waals surface area contributed by atoms with Crippen LogP contribution in [0.1, 0.15) is 35.6 Å². The van der Waals surface area contributed by atoms with Crippen LogP contribution in [0.15, 0.2) is 0 Å². The Hall–Kier alpha value is -1.00. The molecule has 0 amide bonds. The van der Waals surface area contributed by atoms with Crippen LogP contribution in [0, 0.1) is 20.8 Å². The van der Waals surface area contributed by atoms with Crippen LogP contribution in [-0.4, -0.2) is 33.0 Å². The molecule has 0 fully saturated rings. The Morgan fingerprint density at radius 3 is 1.83 bits per heavy atom. The molecule has 0 aliphatic carbocycles. The van der Waals surface area contributed by atoms with Gasteiger partial charge in [0.2, 0.25) is 0 Å². The molecule has 3 nitrogen and oxygen atoms in total. The van der Waals surface area contributed by atoms with E-state index in [-0.39, 0.29) is 0 Å². The van der Waals surface area contributed by atoms with Gasteiger partial charge in [0, 0.05) is 13.6 Å². The highest BCUT2D eigenvalue weighted by molar-refractivity contribution is 6.76. The molecule has 0 heterocycles. The molecule has 0 aliphatic heterocycles. The van der Waals surface area contributed by atoms with Gasteiger partial charge in [-0.3, -0.25) is 0 Å². The van der Waals surface area contributed by atoms with E-state index >= 15 is 0 Å². The highest BCUT2D eigenvalue weighted by atomic mass is 28.3. The minimum absolute atomic E-state index is 0.631. The van der Waals surface area contributed by atoms with E-state index in [4.69, 9.17) is 9.47 Å². The highest BCUT2D eigenvalue weighted by Crippen LogP contribution is 2.39. The second kappa shape index (κ2) is 7.26. The van der Waals surface area contributed by atoms with Crippen LogP contribution in [-0.2, 0) is 6.42 Å². The molecule has 1 atom stereocenters. The van der Waals surface area contributed by atoms with Crippen molar-refractivity contribution in [2.24, 2.45) is 0 Å². The third kappa shape index (κ3) is 4.98. The summed E-state index contributed by atoms with van der Waals surface area (Å²) in [5.41, 5.74) is 3.89. The van der Waals surface area contributed by atoms with Crippen LogP contribution in [0.3, 0.4) is 0 Å². The summed E-state index contributed by atoms with van der Waals surface area (Å²) in [4.78, 5) is 0. The lowest BCUT2D eigenvalue weighted by molar-refractivity contribution is 0.0697. The lowest BCUT2D eigenvalue weighted by Gasteiger charge is -2.31. The third-order valence-corrected chi connectivity index (χ3v) is 6.37. The normalized spacial score (nSPS) is 14.5. The Labute approximate surface area is 143 Å². The molecule has 0 aliphatic rings. The van der Waals surface area contributed by atoms with E-state index < -0.39 is 13.7 Å². The maximum absolute atomic E-state index is 10.8. The van der Waals surface area contributed by atoms with E-state index in [9.17, 15) is 5.11 Å². The monoisotopic (exact) mass is 338 g/mol. The van der Waals surface area contributed by atoms with Crippen LogP contribution < -0.4 is 9.47 Å². The average Bonchev–Trinajstić information content (AvgIpc) is 2.39. The molecule has 0 saturated heterocycles. The summed E-state index contributed by atoms with van der Waals surface area (Å²) in [5, 5.41) is 10.8. The highest BCUT2D eigenvalue weighted by Gasteiger charge is 2.29. The number of aliphatic hydroxyl groups is 1. The summed E-state index contributed by atoms with van der Waals surface area (Å²) in [6.07, 6.45) is 1.53. The summed E-state index contributed by atoms with van der Waals surface area (Å²) in [6.45, 7) is 15.1. The van der Waals surface area contributed by atoms with Gasteiger partial charge in [-0.05, 0) is 63.3 Å². The molecular formula is C19H34O3Si. The molecule has 0 aromatic heterocycles.